The van der Waals surface area contributed by atoms with Crippen LogP contribution in [0.25, 0.3) is 11.2 Å². The highest BCUT2D eigenvalue weighted by Gasteiger charge is 2.54. The molecule has 1 aromatic carbocycles. The Morgan fingerprint density at radius 3 is 2.77 bits per heavy atom. The molecule has 0 spiro atoms. The Labute approximate surface area is 180 Å². The molecule has 4 heterocycles. The lowest BCUT2D eigenvalue weighted by atomic mass is 10.1. The molecule has 2 saturated heterocycles. The second-order valence-corrected chi connectivity index (χ2v) is 10.1. The summed E-state index contributed by atoms with van der Waals surface area (Å²) in [7, 11) is 0. The van der Waals surface area contributed by atoms with Gasteiger partial charge in [0.25, 0.3) is 0 Å². The summed E-state index contributed by atoms with van der Waals surface area (Å²) < 4.78 is 14.5. The van der Waals surface area contributed by atoms with E-state index in [-0.39, 0.29) is 17.6 Å². The number of imidazole rings is 1. The van der Waals surface area contributed by atoms with Crippen molar-refractivity contribution in [3.8, 4) is 0 Å². The molecule has 2 aliphatic rings. The fourth-order valence-electron chi connectivity index (χ4n) is 4.34. The summed E-state index contributed by atoms with van der Waals surface area (Å²) >= 11 is 1.85. The van der Waals surface area contributed by atoms with Gasteiger partial charge in [-0.25, -0.2) is 15.0 Å². The minimum Gasteiger partial charge on any atom is -0.364 e. The van der Waals surface area contributed by atoms with Crippen LogP contribution in [0.2, 0.25) is 0 Å². The van der Waals surface area contributed by atoms with Gasteiger partial charge in [-0.3, -0.25) is 4.57 Å². The quantitative estimate of drug-likeness (QED) is 0.671. The van der Waals surface area contributed by atoms with Crippen molar-refractivity contribution in [2.45, 2.75) is 69.8 Å². The summed E-state index contributed by atoms with van der Waals surface area (Å²) in [5, 5.41) is 3.85. The van der Waals surface area contributed by atoms with Crippen molar-refractivity contribution in [2.24, 2.45) is 0 Å². The highest BCUT2D eigenvalue weighted by molar-refractivity contribution is 8.00. The van der Waals surface area contributed by atoms with Crippen molar-refractivity contribution in [2.75, 3.05) is 5.32 Å². The topological polar surface area (TPSA) is 74.1 Å². The van der Waals surface area contributed by atoms with Crippen LogP contribution < -0.4 is 5.32 Å². The minimum atomic E-state index is -0.565. The SMILES string of the molecule is Cc1cccc(CNc2nc(C)nc3c2ncn3C2SC(C)C3OC(C)(C)OC32)c1. The molecule has 5 rings (SSSR count). The van der Waals surface area contributed by atoms with Gasteiger partial charge in [0.1, 0.15) is 28.9 Å². The van der Waals surface area contributed by atoms with Crippen molar-refractivity contribution >= 4 is 28.7 Å². The van der Waals surface area contributed by atoms with Crippen LogP contribution in [0.3, 0.4) is 0 Å². The maximum atomic E-state index is 6.25. The van der Waals surface area contributed by atoms with E-state index in [1.54, 1.807) is 0 Å². The normalized spacial score (nSPS) is 27.5. The molecule has 0 radical (unpaired) electrons. The standard InChI is InChI=1S/C22H27N5O2S/c1-12-7-6-8-15(9-12)10-23-19-16-20(26-14(3)25-19)27(11-24-16)21-18-17(13(2)30-21)28-22(4,5)29-18/h6-9,11,13,17-18,21H,10H2,1-5H3,(H,23,25,26). The Kier molecular flexibility index (Phi) is 4.76. The molecule has 4 atom stereocenters. The van der Waals surface area contributed by atoms with E-state index in [1.165, 1.54) is 11.1 Å². The summed E-state index contributed by atoms with van der Waals surface area (Å²) in [5.74, 6) is 0.909. The number of fused-ring (bicyclic) bond motifs is 2. The maximum Gasteiger partial charge on any atom is 0.166 e. The molecule has 1 N–H and O–H groups in total. The van der Waals surface area contributed by atoms with Gasteiger partial charge in [-0.05, 0) is 33.3 Å². The van der Waals surface area contributed by atoms with E-state index in [0.29, 0.717) is 17.6 Å². The van der Waals surface area contributed by atoms with Crippen LogP contribution in [-0.4, -0.2) is 42.8 Å². The Hall–Kier alpha value is -2.16. The van der Waals surface area contributed by atoms with E-state index in [1.807, 2.05) is 38.9 Å². The smallest absolute Gasteiger partial charge is 0.166 e. The molecule has 0 amide bonds. The third-order valence-electron chi connectivity index (χ3n) is 5.61. The first-order valence-electron chi connectivity index (χ1n) is 10.3. The molecule has 2 aliphatic heterocycles. The largest absolute Gasteiger partial charge is 0.364 e. The lowest BCUT2D eigenvalue weighted by molar-refractivity contribution is -0.148. The average molecular weight is 426 g/mol. The zero-order chi connectivity index (χ0) is 21.0. The number of hydrogen-bond donors (Lipinski definition) is 1. The number of nitrogens with zero attached hydrogens (tertiary/aromatic N) is 4. The number of hydrogen-bond acceptors (Lipinski definition) is 7. The van der Waals surface area contributed by atoms with E-state index >= 15 is 0 Å². The zero-order valence-electron chi connectivity index (χ0n) is 17.9. The number of ether oxygens (including phenoxy) is 2. The number of aromatic nitrogens is 4. The van der Waals surface area contributed by atoms with Crippen LogP contribution in [0.15, 0.2) is 30.6 Å². The molecule has 2 aromatic heterocycles. The van der Waals surface area contributed by atoms with E-state index < -0.39 is 5.79 Å². The van der Waals surface area contributed by atoms with Gasteiger partial charge < -0.3 is 14.8 Å². The van der Waals surface area contributed by atoms with Crippen molar-refractivity contribution in [1.82, 2.24) is 19.5 Å². The fourth-order valence-corrected chi connectivity index (χ4v) is 5.80. The van der Waals surface area contributed by atoms with Crippen LogP contribution in [0, 0.1) is 13.8 Å². The second kappa shape index (κ2) is 7.21. The highest BCUT2D eigenvalue weighted by Crippen LogP contribution is 2.51. The molecule has 0 bridgehead atoms. The third kappa shape index (κ3) is 3.46. The molecule has 8 heteroatoms. The average Bonchev–Trinajstić information content (AvgIpc) is 3.32. The Morgan fingerprint density at radius 1 is 1.17 bits per heavy atom. The molecular formula is C22H27N5O2S. The molecule has 4 unspecified atom stereocenters. The Balaban J connectivity index is 1.47. The monoisotopic (exact) mass is 425 g/mol. The first-order valence-corrected chi connectivity index (χ1v) is 11.3. The summed E-state index contributed by atoms with van der Waals surface area (Å²) in [6.07, 6.45) is 1.89. The molecule has 0 aliphatic carbocycles. The summed E-state index contributed by atoms with van der Waals surface area (Å²) in [6, 6.07) is 8.45. The number of benzene rings is 1. The fraction of sp³-hybridized carbons (Fsp3) is 0.500. The van der Waals surface area contributed by atoms with Gasteiger partial charge >= 0.3 is 0 Å². The summed E-state index contributed by atoms with van der Waals surface area (Å²) in [5.41, 5.74) is 4.06. The van der Waals surface area contributed by atoms with Gasteiger partial charge in [-0.15, -0.1) is 11.8 Å². The number of rotatable bonds is 4. The van der Waals surface area contributed by atoms with E-state index in [0.717, 1.165) is 17.0 Å². The molecule has 158 valence electrons. The lowest BCUT2D eigenvalue weighted by Crippen LogP contribution is -2.27. The maximum absolute atomic E-state index is 6.25. The van der Waals surface area contributed by atoms with Crippen LogP contribution in [0.5, 0.6) is 0 Å². The Bertz CT molecular complexity index is 1100. The van der Waals surface area contributed by atoms with Crippen molar-refractivity contribution in [3.05, 3.63) is 47.5 Å². The molecule has 7 nitrogen and oxygen atoms in total. The molecule has 0 saturated carbocycles. The minimum absolute atomic E-state index is 0.0311. The van der Waals surface area contributed by atoms with Crippen LogP contribution in [0.4, 0.5) is 5.82 Å². The highest BCUT2D eigenvalue weighted by atomic mass is 32.2. The first kappa shape index (κ1) is 19.8. The third-order valence-corrected chi connectivity index (χ3v) is 7.08. The molecule has 30 heavy (non-hydrogen) atoms. The van der Waals surface area contributed by atoms with Gasteiger partial charge in [-0.1, -0.05) is 36.8 Å². The van der Waals surface area contributed by atoms with Crippen LogP contribution >= 0.6 is 11.8 Å². The van der Waals surface area contributed by atoms with Crippen LogP contribution in [0.1, 0.15) is 43.1 Å². The molecule has 2 fully saturated rings. The Morgan fingerprint density at radius 2 is 1.97 bits per heavy atom. The molecule has 3 aromatic rings. The second-order valence-electron chi connectivity index (χ2n) is 8.58. The van der Waals surface area contributed by atoms with Gasteiger partial charge in [0.05, 0.1) is 6.33 Å². The van der Waals surface area contributed by atoms with E-state index in [9.17, 15) is 0 Å². The molecular weight excluding hydrogens is 398 g/mol. The number of nitrogens with one attached hydrogen (secondary N) is 1. The number of aryl methyl sites for hydroxylation is 2. The van der Waals surface area contributed by atoms with Gasteiger partial charge in [-0.2, -0.15) is 0 Å². The van der Waals surface area contributed by atoms with E-state index in [4.69, 9.17) is 14.5 Å². The van der Waals surface area contributed by atoms with Gasteiger partial charge in [0, 0.05) is 11.8 Å². The number of anilines is 1. The first-order chi connectivity index (χ1) is 14.3. The predicted molar refractivity (Wildman–Crippen MR) is 118 cm³/mol. The van der Waals surface area contributed by atoms with Gasteiger partial charge in [0.2, 0.25) is 0 Å². The van der Waals surface area contributed by atoms with Crippen LogP contribution in [-0.2, 0) is 16.0 Å². The summed E-state index contributed by atoms with van der Waals surface area (Å²) in [4.78, 5) is 14.0. The summed E-state index contributed by atoms with van der Waals surface area (Å²) in [6.45, 7) is 10.9. The van der Waals surface area contributed by atoms with E-state index in [2.05, 4.69) is 58.0 Å². The zero-order valence-corrected chi connectivity index (χ0v) is 18.7. The van der Waals surface area contributed by atoms with Gasteiger partial charge in [0.15, 0.2) is 17.3 Å². The predicted octanol–water partition coefficient (Wildman–Crippen LogP) is 4.21. The number of thioether (sulfide) groups is 1. The van der Waals surface area contributed by atoms with Crippen molar-refractivity contribution in [3.63, 3.8) is 0 Å². The lowest BCUT2D eigenvalue weighted by Gasteiger charge is -2.23. The van der Waals surface area contributed by atoms with Crippen molar-refractivity contribution in [1.29, 1.82) is 0 Å². The van der Waals surface area contributed by atoms with Crippen molar-refractivity contribution < 1.29 is 9.47 Å².